The van der Waals surface area contributed by atoms with Crippen molar-refractivity contribution < 1.29 is 0 Å². The fraction of sp³-hybridized carbons (Fsp3) is 0.159. The molecule has 71 heavy (non-hydrogen) atoms. The van der Waals surface area contributed by atoms with E-state index in [9.17, 15) is 0 Å². The zero-order valence-corrected chi connectivity index (χ0v) is 41.8. The molecule has 2 heteroatoms. The number of allylic oxidation sites excluding steroid dienone is 10. The second-order valence-electron chi connectivity index (χ2n) is 19.3. The van der Waals surface area contributed by atoms with E-state index in [0.717, 1.165) is 24.9 Å². The summed E-state index contributed by atoms with van der Waals surface area (Å²) in [6, 6.07) is 63.3. The normalized spacial score (nSPS) is 14.5. The Morgan fingerprint density at radius 3 is 2.04 bits per heavy atom. The van der Waals surface area contributed by atoms with Crippen LogP contribution in [0.25, 0.3) is 71.5 Å². The number of hydrogen-bond donors (Lipinski definition) is 0. The lowest BCUT2D eigenvalue weighted by Gasteiger charge is -2.30. The second kappa shape index (κ2) is 19.8. The summed E-state index contributed by atoms with van der Waals surface area (Å²) >= 11 is 0. The number of hydrogen-bond acceptors (Lipinski definition) is 1. The van der Waals surface area contributed by atoms with Gasteiger partial charge in [-0.2, -0.15) is 0 Å². The van der Waals surface area contributed by atoms with Gasteiger partial charge in [0.25, 0.3) is 0 Å². The summed E-state index contributed by atoms with van der Waals surface area (Å²) in [6.07, 6.45) is 23.6. The summed E-state index contributed by atoms with van der Waals surface area (Å²) in [6.45, 7) is 11.2. The van der Waals surface area contributed by atoms with E-state index in [1.54, 1.807) is 0 Å². The molecule has 0 N–H and O–H groups in total. The quantitative estimate of drug-likeness (QED) is 0.117. The Bertz CT molecular complexity index is 3710. The van der Waals surface area contributed by atoms with Crippen LogP contribution >= 0.6 is 0 Å². The molecular weight excluding hydrogens is 857 g/mol. The van der Waals surface area contributed by atoms with Crippen molar-refractivity contribution in [2.45, 2.75) is 72.6 Å². The van der Waals surface area contributed by atoms with E-state index in [-0.39, 0.29) is 0 Å². The van der Waals surface area contributed by atoms with Gasteiger partial charge in [0, 0.05) is 50.0 Å². The number of aromatic nitrogens is 1. The highest BCUT2D eigenvalue weighted by Gasteiger charge is 2.26. The summed E-state index contributed by atoms with van der Waals surface area (Å²) < 4.78 is 2.52. The molecule has 2 aliphatic rings. The number of nitrogens with zero attached hydrogens (tertiary/aromatic N) is 2. The van der Waals surface area contributed by atoms with E-state index in [1.807, 2.05) is 0 Å². The van der Waals surface area contributed by atoms with Crippen molar-refractivity contribution in [2.24, 2.45) is 0 Å². The fourth-order valence-electron chi connectivity index (χ4n) is 11.4. The van der Waals surface area contributed by atoms with E-state index in [4.69, 9.17) is 0 Å². The molecule has 2 nitrogen and oxygen atoms in total. The zero-order chi connectivity index (χ0) is 48.4. The SMILES string of the molecule is C/C=C(\C=C/C1=CC(CC)c2cc(N(c3ccc(-c4ccccc4)cc3)c3cccc(C)c3-c3ccccc3CCC)ccc21)c1cccc2c3cccc4c5ccc(C)cc5n(c12)c43.C1=CCCC=C1. The molecule has 10 aromatic rings. The molecule has 8 aromatic carbocycles. The minimum atomic E-state index is 0.307. The summed E-state index contributed by atoms with van der Waals surface area (Å²) in [7, 11) is 0. The number of para-hydroxylation sites is 2. The largest absolute Gasteiger partial charge is 0.310 e. The van der Waals surface area contributed by atoms with Crippen LogP contribution in [0.1, 0.15) is 85.8 Å². The molecule has 1 atom stereocenters. The molecule has 0 aliphatic heterocycles. The summed E-state index contributed by atoms with van der Waals surface area (Å²) in [4.78, 5) is 2.50. The van der Waals surface area contributed by atoms with Crippen LogP contribution < -0.4 is 4.90 Å². The topological polar surface area (TPSA) is 7.65 Å². The zero-order valence-electron chi connectivity index (χ0n) is 41.8. The number of fused-ring (bicyclic) bond motifs is 7. The third kappa shape index (κ3) is 8.42. The van der Waals surface area contributed by atoms with Gasteiger partial charge in [-0.1, -0.05) is 202 Å². The molecule has 0 spiro atoms. The maximum atomic E-state index is 2.52. The van der Waals surface area contributed by atoms with Crippen LogP contribution in [0, 0.1) is 13.8 Å². The lowest BCUT2D eigenvalue weighted by Crippen LogP contribution is -2.13. The molecule has 348 valence electrons. The molecule has 2 aromatic heterocycles. The highest BCUT2D eigenvalue weighted by atomic mass is 15.1. The molecule has 0 saturated carbocycles. The molecule has 2 heterocycles. The van der Waals surface area contributed by atoms with Crippen LogP contribution in [0.5, 0.6) is 0 Å². The first-order chi connectivity index (χ1) is 34.9. The van der Waals surface area contributed by atoms with Gasteiger partial charge in [0.15, 0.2) is 0 Å². The number of aryl methyl sites for hydroxylation is 3. The van der Waals surface area contributed by atoms with E-state index in [2.05, 4.69) is 262 Å². The monoisotopic (exact) mass is 918 g/mol. The smallest absolute Gasteiger partial charge is 0.0620 e. The Morgan fingerprint density at radius 2 is 1.31 bits per heavy atom. The van der Waals surface area contributed by atoms with Crippen molar-refractivity contribution in [2.75, 3.05) is 4.90 Å². The first kappa shape index (κ1) is 45.5. The van der Waals surface area contributed by atoms with Crippen LogP contribution in [-0.4, -0.2) is 4.40 Å². The predicted molar refractivity (Wildman–Crippen MR) is 308 cm³/mol. The van der Waals surface area contributed by atoms with Gasteiger partial charge in [0.05, 0.1) is 22.2 Å². The van der Waals surface area contributed by atoms with Crippen LogP contribution in [0.3, 0.4) is 0 Å². The molecule has 0 bridgehead atoms. The van der Waals surface area contributed by atoms with Gasteiger partial charge in [-0.15, -0.1) is 0 Å². The van der Waals surface area contributed by atoms with E-state index in [1.165, 1.54) is 129 Å². The van der Waals surface area contributed by atoms with Gasteiger partial charge in [-0.05, 0) is 139 Å². The van der Waals surface area contributed by atoms with Crippen LogP contribution in [0.2, 0.25) is 0 Å². The van der Waals surface area contributed by atoms with E-state index >= 15 is 0 Å². The molecule has 12 rings (SSSR count). The van der Waals surface area contributed by atoms with Crippen molar-refractivity contribution in [1.29, 1.82) is 0 Å². The first-order valence-electron chi connectivity index (χ1n) is 25.8. The summed E-state index contributed by atoms with van der Waals surface area (Å²) in [5.74, 6) is 0.307. The fourth-order valence-corrected chi connectivity index (χ4v) is 11.4. The lowest BCUT2D eigenvalue weighted by atomic mass is 9.91. The molecular formula is C69H62N2. The lowest BCUT2D eigenvalue weighted by molar-refractivity contribution is 0.818. The molecule has 0 amide bonds. The maximum absolute atomic E-state index is 2.52. The molecule has 2 aliphatic carbocycles. The Kier molecular flexibility index (Phi) is 12.7. The van der Waals surface area contributed by atoms with Crippen LogP contribution in [0.15, 0.2) is 218 Å². The average Bonchev–Trinajstić information content (AvgIpc) is 4.07. The van der Waals surface area contributed by atoms with Crippen molar-refractivity contribution >= 4 is 66.3 Å². The van der Waals surface area contributed by atoms with Crippen molar-refractivity contribution in [3.63, 3.8) is 0 Å². The Balaban J connectivity index is 0.000000850. The van der Waals surface area contributed by atoms with Crippen molar-refractivity contribution in [3.8, 4) is 22.3 Å². The molecule has 0 saturated heterocycles. The van der Waals surface area contributed by atoms with Gasteiger partial charge < -0.3 is 9.30 Å². The third-order valence-electron chi connectivity index (χ3n) is 14.8. The summed E-state index contributed by atoms with van der Waals surface area (Å²) in [5, 5.41) is 5.24. The van der Waals surface area contributed by atoms with Gasteiger partial charge in [0.2, 0.25) is 0 Å². The predicted octanol–water partition coefficient (Wildman–Crippen LogP) is 19.7. The van der Waals surface area contributed by atoms with Crippen LogP contribution in [0.4, 0.5) is 17.1 Å². The van der Waals surface area contributed by atoms with Crippen LogP contribution in [-0.2, 0) is 6.42 Å². The third-order valence-corrected chi connectivity index (χ3v) is 14.8. The Morgan fingerprint density at radius 1 is 0.620 bits per heavy atom. The standard InChI is InChI=1S/C63H54N2.C6H8/c1-6-17-47-21-12-13-22-52(47)61-42(5)18-14-27-59(61)64(49-33-31-46(32-34-49)45-19-10-9-11-20-45)50-35-37-51-48(39-44(8-3)58(51)40-50)30-29-43(7-2)53-23-15-25-56-57-26-16-24-55-54-36-28-41(4)38-60(54)65(62(53)56)63(55)57;1-2-4-6-5-3-1/h7,9-16,18-40,44H,6,8,17H2,1-5H3;1-4H,5-6H2/b30-29-,43-7+;. The second-order valence-corrected chi connectivity index (χ2v) is 19.3. The highest BCUT2D eigenvalue weighted by Crippen LogP contribution is 2.48. The Hall–Kier alpha value is -7.94. The van der Waals surface area contributed by atoms with Gasteiger partial charge >= 0.3 is 0 Å². The molecule has 1 unspecified atom stereocenters. The van der Waals surface area contributed by atoms with Gasteiger partial charge in [0.1, 0.15) is 0 Å². The van der Waals surface area contributed by atoms with Gasteiger partial charge in [-0.25, -0.2) is 0 Å². The Labute approximate surface area is 420 Å². The highest BCUT2D eigenvalue weighted by molar-refractivity contribution is 6.24. The average molecular weight is 919 g/mol. The number of benzene rings is 8. The van der Waals surface area contributed by atoms with E-state index < -0.39 is 0 Å². The molecule has 0 radical (unpaired) electrons. The van der Waals surface area contributed by atoms with Gasteiger partial charge in [-0.3, -0.25) is 0 Å². The van der Waals surface area contributed by atoms with Crippen molar-refractivity contribution in [1.82, 2.24) is 4.40 Å². The minimum Gasteiger partial charge on any atom is -0.310 e. The minimum absolute atomic E-state index is 0.307. The summed E-state index contributed by atoms with van der Waals surface area (Å²) in [5.41, 5.74) is 22.8. The van der Waals surface area contributed by atoms with Crippen molar-refractivity contribution in [3.05, 3.63) is 252 Å². The number of anilines is 3. The maximum Gasteiger partial charge on any atom is 0.0620 e. The van der Waals surface area contributed by atoms with E-state index in [0.29, 0.717) is 5.92 Å². The number of rotatable bonds is 11. The molecule has 0 fully saturated rings. The first-order valence-corrected chi connectivity index (χ1v) is 25.8.